The third-order valence-electron chi connectivity index (χ3n) is 3.28. The van der Waals surface area contributed by atoms with E-state index in [1.807, 2.05) is 0 Å². The summed E-state index contributed by atoms with van der Waals surface area (Å²) in [6.07, 6.45) is 2.89. The molecular weight excluding hydrogens is 304 g/mol. The van der Waals surface area contributed by atoms with Crippen LogP contribution in [-0.2, 0) is 0 Å². The smallest absolute Gasteiger partial charge is 0.260 e. The van der Waals surface area contributed by atoms with Crippen molar-refractivity contribution >= 4 is 21.8 Å². The van der Waals surface area contributed by atoms with Crippen LogP contribution < -0.4 is 0 Å². The minimum Gasteiger partial charge on any atom is -0.335 e. The highest BCUT2D eigenvalue weighted by Gasteiger charge is 2.31. The van der Waals surface area contributed by atoms with Gasteiger partial charge in [-0.05, 0) is 31.4 Å². The van der Waals surface area contributed by atoms with Crippen molar-refractivity contribution in [3.63, 3.8) is 0 Å². The highest BCUT2D eigenvalue weighted by Crippen LogP contribution is 2.27. The molecule has 2 nitrogen and oxygen atoms in total. The minimum absolute atomic E-state index is 0.119. The van der Waals surface area contributed by atoms with Gasteiger partial charge >= 0.3 is 0 Å². The van der Waals surface area contributed by atoms with E-state index in [1.54, 1.807) is 4.90 Å². The number of halogens is 3. The van der Waals surface area contributed by atoms with Crippen LogP contribution in [-0.4, -0.2) is 28.7 Å². The normalized spacial score (nSPS) is 15.3. The average Bonchev–Trinajstić information content (AvgIpc) is 2.25. The Labute approximate surface area is 113 Å². The zero-order chi connectivity index (χ0) is 13.1. The van der Waals surface area contributed by atoms with Gasteiger partial charge in [0.1, 0.15) is 17.2 Å². The second kappa shape index (κ2) is 5.78. The number of hydrogen-bond acceptors (Lipinski definition) is 1. The third kappa shape index (κ3) is 2.55. The van der Waals surface area contributed by atoms with E-state index >= 15 is 0 Å². The summed E-state index contributed by atoms with van der Waals surface area (Å²) in [5.74, 6) is -2.13. The molecule has 0 bridgehead atoms. The first-order valence-corrected chi connectivity index (χ1v) is 7.08. The van der Waals surface area contributed by atoms with Gasteiger partial charge in [0.05, 0.1) is 0 Å². The molecule has 0 aliphatic heterocycles. The second-order valence-electron chi connectivity index (χ2n) is 4.37. The molecule has 0 heterocycles. The first kappa shape index (κ1) is 13.5. The average molecular weight is 318 g/mol. The van der Waals surface area contributed by atoms with Crippen LogP contribution in [0.25, 0.3) is 0 Å². The SMILES string of the molecule is O=C(c1c(F)cccc1F)N(CCBr)C1CCC1. The predicted molar refractivity (Wildman–Crippen MR) is 68.8 cm³/mol. The van der Waals surface area contributed by atoms with E-state index < -0.39 is 23.1 Å². The van der Waals surface area contributed by atoms with Crippen molar-refractivity contribution < 1.29 is 13.6 Å². The maximum atomic E-state index is 13.6. The summed E-state index contributed by atoms with van der Waals surface area (Å²) >= 11 is 3.27. The number of rotatable bonds is 4. The molecule has 98 valence electrons. The number of carbonyl (C=O) groups is 1. The van der Waals surface area contributed by atoms with E-state index in [0.717, 1.165) is 31.4 Å². The molecule has 5 heteroatoms. The molecule has 1 aromatic carbocycles. The van der Waals surface area contributed by atoms with Crippen molar-refractivity contribution in [3.05, 3.63) is 35.4 Å². The summed E-state index contributed by atoms with van der Waals surface area (Å²) in [5.41, 5.74) is -0.439. The van der Waals surface area contributed by atoms with Crippen molar-refractivity contribution in [1.82, 2.24) is 4.90 Å². The lowest BCUT2D eigenvalue weighted by Crippen LogP contribution is -2.45. The predicted octanol–water partition coefficient (Wildman–Crippen LogP) is 3.35. The van der Waals surface area contributed by atoms with Crippen LogP contribution in [0.15, 0.2) is 18.2 Å². The summed E-state index contributed by atoms with van der Waals surface area (Å²) in [7, 11) is 0. The standard InChI is InChI=1S/C13H14BrF2NO/c14-7-8-17(9-3-1-4-9)13(18)12-10(15)5-2-6-11(12)16/h2,5-6,9H,1,3-4,7-8H2. The van der Waals surface area contributed by atoms with E-state index in [1.165, 1.54) is 6.07 Å². The van der Waals surface area contributed by atoms with E-state index in [-0.39, 0.29) is 6.04 Å². The van der Waals surface area contributed by atoms with Crippen LogP contribution in [0.1, 0.15) is 29.6 Å². The first-order valence-electron chi connectivity index (χ1n) is 5.96. The zero-order valence-electron chi connectivity index (χ0n) is 9.83. The van der Waals surface area contributed by atoms with Crippen molar-refractivity contribution in [1.29, 1.82) is 0 Å². The molecule has 0 saturated heterocycles. The Morgan fingerprint density at radius 1 is 1.33 bits per heavy atom. The van der Waals surface area contributed by atoms with Gasteiger partial charge in [-0.3, -0.25) is 4.79 Å². The molecule has 1 fully saturated rings. The van der Waals surface area contributed by atoms with Gasteiger partial charge in [-0.1, -0.05) is 22.0 Å². The fourth-order valence-corrected chi connectivity index (χ4v) is 2.47. The molecule has 0 unspecified atom stereocenters. The number of benzene rings is 1. The summed E-state index contributed by atoms with van der Waals surface area (Å²) < 4.78 is 27.2. The molecule has 0 radical (unpaired) electrons. The lowest BCUT2D eigenvalue weighted by atomic mass is 9.91. The Balaban J connectivity index is 2.27. The fourth-order valence-electron chi connectivity index (χ4n) is 2.09. The highest BCUT2D eigenvalue weighted by atomic mass is 79.9. The van der Waals surface area contributed by atoms with Crippen LogP contribution >= 0.6 is 15.9 Å². The van der Waals surface area contributed by atoms with Gasteiger partial charge in [0, 0.05) is 17.9 Å². The van der Waals surface area contributed by atoms with E-state index in [4.69, 9.17) is 0 Å². The van der Waals surface area contributed by atoms with Gasteiger partial charge in [0.15, 0.2) is 0 Å². The summed E-state index contributed by atoms with van der Waals surface area (Å²) in [6.45, 7) is 0.470. The quantitative estimate of drug-likeness (QED) is 0.780. The van der Waals surface area contributed by atoms with Crippen molar-refractivity contribution in [3.8, 4) is 0 Å². The van der Waals surface area contributed by atoms with Crippen molar-refractivity contribution in [2.24, 2.45) is 0 Å². The van der Waals surface area contributed by atoms with Crippen LogP contribution in [0.4, 0.5) is 8.78 Å². The monoisotopic (exact) mass is 317 g/mol. The number of alkyl halides is 1. The summed E-state index contributed by atoms with van der Waals surface area (Å²) in [5, 5.41) is 0.602. The lowest BCUT2D eigenvalue weighted by Gasteiger charge is -2.37. The molecule has 18 heavy (non-hydrogen) atoms. The van der Waals surface area contributed by atoms with Gasteiger partial charge in [0.25, 0.3) is 5.91 Å². The summed E-state index contributed by atoms with van der Waals surface area (Å²) in [6, 6.07) is 3.61. The van der Waals surface area contributed by atoms with Crippen LogP contribution in [0.2, 0.25) is 0 Å². The molecule has 0 aromatic heterocycles. The molecule has 1 aliphatic carbocycles. The fraction of sp³-hybridized carbons (Fsp3) is 0.462. The van der Waals surface area contributed by atoms with E-state index in [9.17, 15) is 13.6 Å². The molecule has 1 aromatic rings. The Bertz CT molecular complexity index is 428. The largest absolute Gasteiger partial charge is 0.335 e. The number of hydrogen-bond donors (Lipinski definition) is 0. The topological polar surface area (TPSA) is 20.3 Å². The molecule has 1 aliphatic rings. The Morgan fingerprint density at radius 3 is 2.39 bits per heavy atom. The molecule has 0 spiro atoms. The molecule has 2 rings (SSSR count). The van der Waals surface area contributed by atoms with Crippen molar-refractivity contribution in [2.75, 3.05) is 11.9 Å². The van der Waals surface area contributed by atoms with E-state index in [0.29, 0.717) is 11.9 Å². The summed E-state index contributed by atoms with van der Waals surface area (Å²) in [4.78, 5) is 13.8. The van der Waals surface area contributed by atoms with Crippen LogP contribution in [0, 0.1) is 11.6 Å². The van der Waals surface area contributed by atoms with Gasteiger partial charge in [-0.25, -0.2) is 8.78 Å². The van der Waals surface area contributed by atoms with Gasteiger partial charge in [-0.2, -0.15) is 0 Å². The van der Waals surface area contributed by atoms with Crippen LogP contribution in [0.5, 0.6) is 0 Å². The maximum Gasteiger partial charge on any atom is 0.260 e. The first-order chi connectivity index (χ1) is 8.65. The molecule has 1 amide bonds. The molecule has 1 saturated carbocycles. The van der Waals surface area contributed by atoms with E-state index in [2.05, 4.69) is 15.9 Å². The maximum absolute atomic E-state index is 13.6. The van der Waals surface area contributed by atoms with Gasteiger partial charge in [0.2, 0.25) is 0 Å². The lowest BCUT2D eigenvalue weighted by molar-refractivity contribution is 0.0589. The van der Waals surface area contributed by atoms with Crippen molar-refractivity contribution in [2.45, 2.75) is 25.3 Å². The highest BCUT2D eigenvalue weighted by molar-refractivity contribution is 9.09. The second-order valence-corrected chi connectivity index (χ2v) is 5.16. The Kier molecular flexibility index (Phi) is 4.32. The molecular formula is C13H14BrF2NO. The van der Waals surface area contributed by atoms with Gasteiger partial charge < -0.3 is 4.90 Å². The minimum atomic E-state index is -0.793. The third-order valence-corrected chi connectivity index (χ3v) is 3.63. The number of nitrogens with zero attached hydrogens (tertiary/aromatic N) is 1. The molecule has 0 N–H and O–H groups in total. The van der Waals surface area contributed by atoms with Crippen LogP contribution in [0.3, 0.4) is 0 Å². The van der Waals surface area contributed by atoms with Gasteiger partial charge in [-0.15, -0.1) is 0 Å². The Hall–Kier alpha value is -0.970. The number of amides is 1. The Morgan fingerprint density at radius 2 is 1.94 bits per heavy atom. The molecule has 0 atom stereocenters. The zero-order valence-corrected chi connectivity index (χ0v) is 11.4. The number of carbonyl (C=O) groups excluding carboxylic acids is 1.